The molecule has 2 N–H and O–H groups in total. The van der Waals surface area contributed by atoms with Crippen LogP contribution in [0, 0.1) is 0 Å². The molecular formula is C19H29N2O3+. The second-order valence-electron chi connectivity index (χ2n) is 7.94. The lowest BCUT2D eigenvalue weighted by Gasteiger charge is -2.33. The van der Waals surface area contributed by atoms with Gasteiger partial charge in [0.15, 0.2) is 5.78 Å². The lowest BCUT2D eigenvalue weighted by molar-refractivity contribution is -1.01. The monoisotopic (exact) mass is 333 g/mol. The number of carbonyl (C=O) groups is 2. The van der Waals surface area contributed by atoms with E-state index in [0.717, 1.165) is 36.6 Å². The Morgan fingerprint density at radius 3 is 2.08 bits per heavy atom. The SMILES string of the molecule is C[NH+]1CC[NH+]([C@H](CC(=O)c2ccc(C(C)(C)C)cc2)C(=O)[O-])CC1. The van der Waals surface area contributed by atoms with E-state index in [2.05, 4.69) is 27.8 Å². The third-order valence-electron chi connectivity index (χ3n) is 4.99. The summed E-state index contributed by atoms with van der Waals surface area (Å²) in [5.41, 5.74) is 1.76. The molecule has 0 aliphatic carbocycles. The Morgan fingerprint density at radius 2 is 1.62 bits per heavy atom. The molecule has 1 fully saturated rings. The van der Waals surface area contributed by atoms with Gasteiger partial charge < -0.3 is 19.7 Å². The number of nitrogens with one attached hydrogen (secondary N) is 2. The van der Waals surface area contributed by atoms with E-state index in [0.29, 0.717) is 5.56 Å². The normalized spacial score (nSPS) is 22.8. The molecule has 1 aliphatic rings. The van der Waals surface area contributed by atoms with Gasteiger partial charge in [-0.1, -0.05) is 45.0 Å². The first-order valence-electron chi connectivity index (χ1n) is 8.69. The molecule has 5 nitrogen and oxygen atoms in total. The van der Waals surface area contributed by atoms with Crippen molar-refractivity contribution in [1.29, 1.82) is 0 Å². The van der Waals surface area contributed by atoms with Crippen LogP contribution in [0.1, 0.15) is 43.1 Å². The number of hydrogen-bond donors (Lipinski definition) is 2. The van der Waals surface area contributed by atoms with Crippen LogP contribution in [-0.2, 0) is 10.2 Å². The number of Topliss-reactive ketones (excluding diaryl/α,β-unsaturated/α-hetero) is 1. The Balaban J connectivity index is 2.06. The van der Waals surface area contributed by atoms with Crippen molar-refractivity contribution in [3.05, 3.63) is 35.4 Å². The number of piperazine rings is 1. The molecule has 1 aliphatic heterocycles. The summed E-state index contributed by atoms with van der Waals surface area (Å²) in [6, 6.07) is 6.76. The van der Waals surface area contributed by atoms with Crippen molar-refractivity contribution in [3.63, 3.8) is 0 Å². The number of benzene rings is 1. The van der Waals surface area contributed by atoms with E-state index in [1.54, 1.807) is 12.1 Å². The van der Waals surface area contributed by atoms with Crippen molar-refractivity contribution < 1.29 is 24.5 Å². The molecule has 1 aromatic rings. The van der Waals surface area contributed by atoms with Crippen LogP contribution in [0.25, 0.3) is 0 Å². The number of aliphatic carboxylic acids is 1. The molecule has 0 amide bonds. The molecule has 1 heterocycles. The fourth-order valence-corrected chi connectivity index (χ4v) is 3.20. The number of carboxylic acid groups (broad SMARTS) is 1. The predicted octanol–water partition coefficient (Wildman–Crippen LogP) is -1.91. The van der Waals surface area contributed by atoms with Gasteiger partial charge in [0.25, 0.3) is 0 Å². The average Bonchev–Trinajstić information content (AvgIpc) is 2.52. The Morgan fingerprint density at radius 1 is 1.08 bits per heavy atom. The Labute approximate surface area is 144 Å². The number of carbonyl (C=O) groups excluding carboxylic acids is 2. The molecule has 0 radical (unpaired) electrons. The quantitative estimate of drug-likeness (QED) is 0.618. The molecule has 2 rings (SSSR count). The number of rotatable bonds is 5. The number of quaternary nitrogens is 2. The first kappa shape index (κ1) is 18.6. The fourth-order valence-electron chi connectivity index (χ4n) is 3.20. The minimum Gasteiger partial charge on any atom is -0.544 e. The van der Waals surface area contributed by atoms with Crippen molar-refractivity contribution in [2.75, 3.05) is 33.2 Å². The van der Waals surface area contributed by atoms with Crippen LogP contribution < -0.4 is 14.9 Å². The first-order valence-corrected chi connectivity index (χ1v) is 8.69. The molecule has 0 spiro atoms. The third-order valence-corrected chi connectivity index (χ3v) is 4.99. The molecule has 1 saturated heterocycles. The number of hydrogen-bond acceptors (Lipinski definition) is 3. The zero-order valence-corrected chi connectivity index (χ0v) is 15.1. The highest BCUT2D eigenvalue weighted by molar-refractivity contribution is 5.98. The summed E-state index contributed by atoms with van der Waals surface area (Å²) < 4.78 is 0. The summed E-state index contributed by atoms with van der Waals surface area (Å²) in [7, 11) is 2.10. The van der Waals surface area contributed by atoms with Gasteiger partial charge in [0.2, 0.25) is 0 Å². The van der Waals surface area contributed by atoms with E-state index in [9.17, 15) is 14.7 Å². The van der Waals surface area contributed by atoms with Gasteiger partial charge in [-0.25, -0.2) is 0 Å². The van der Waals surface area contributed by atoms with E-state index < -0.39 is 12.0 Å². The largest absolute Gasteiger partial charge is 0.544 e. The molecule has 132 valence electrons. The van der Waals surface area contributed by atoms with E-state index in [1.807, 2.05) is 12.1 Å². The van der Waals surface area contributed by atoms with Gasteiger partial charge in [-0.05, 0) is 11.0 Å². The Bertz CT molecular complexity index is 582. The van der Waals surface area contributed by atoms with Crippen molar-refractivity contribution in [1.82, 2.24) is 0 Å². The van der Waals surface area contributed by atoms with Crippen molar-refractivity contribution in [2.45, 2.75) is 38.6 Å². The van der Waals surface area contributed by atoms with Crippen molar-refractivity contribution in [2.24, 2.45) is 0 Å². The topological polar surface area (TPSA) is 66.1 Å². The molecule has 1 atom stereocenters. The van der Waals surface area contributed by atoms with E-state index >= 15 is 0 Å². The summed E-state index contributed by atoms with van der Waals surface area (Å²) in [5.74, 6) is -1.24. The van der Waals surface area contributed by atoms with Crippen LogP contribution in [-0.4, -0.2) is 51.0 Å². The van der Waals surface area contributed by atoms with Gasteiger partial charge in [-0.15, -0.1) is 0 Å². The molecule has 0 unspecified atom stereocenters. The highest BCUT2D eigenvalue weighted by Gasteiger charge is 2.31. The molecule has 24 heavy (non-hydrogen) atoms. The minimum absolute atomic E-state index is 0.00553. The van der Waals surface area contributed by atoms with Crippen LogP contribution in [0.5, 0.6) is 0 Å². The smallest absolute Gasteiger partial charge is 0.169 e. The lowest BCUT2D eigenvalue weighted by Crippen LogP contribution is -3.29. The molecular weight excluding hydrogens is 304 g/mol. The fraction of sp³-hybridized carbons (Fsp3) is 0.579. The van der Waals surface area contributed by atoms with Crippen LogP contribution >= 0.6 is 0 Å². The second-order valence-corrected chi connectivity index (χ2v) is 7.94. The number of likely N-dealkylation sites (N-methyl/N-ethyl adjacent to an activating group) is 1. The molecule has 0 bridgehead atoms. The highest BCUT2D eigenvalue weighted by atomic mass is 16.4. The zero-order valence-electron chi connectivity index (χ0n) is 15.1. The van der Waals surface area contributed by atoms with E-state index in [4.69, 9.17) is 0 Å². The lowest BCUT2D eigenvalue weighted by atomic mass is 9.86. The third kappa shape index (κ3) is 4.65. The van der Waals surface area contributed by atoms with Crippen LogP contribution in [0.2, 0.25) is 0 Å². The maximum atomic E-state index is 12.5. The molecule has 0 aromatic heterocycles. The van der Waals surface area contributed by atoms with E-state index in [1.165, 1.54) is 4.90 Å². The minimum atomic E-state index is -1.12. The zero-order chi connectivity index (χ0) is 17.9. The van der Waals surface area contributed by atoms with Crippen LogP contribution in [0.3, 0.4) is 0 Å². The Kier molecular flexibility index (Phi) is 5.78. The maximum Gasteiger partial charge on any atom is 0.169 e. The van der Waals surface area contributed by atoms with Gasteiger partial charge in [0.1, 0.15) is 32.2 Å². The predicted molar refractivity (Wildman–Crippen MR) is 90.2 cm³/mol. The standard InChI is InChI=1S/C19H28N2O3/c1-19(2,3)15-7-5-14(6-8-15)17(22)13-16(18(23)24)21-11-9-20(4)10-12-21/h5-8,16H,9-13H2,1-4H3,(H,23,24)/p+1/t16-/m1/s1. The molecule has 0 saturated carbocycles. The summed E-state index contributed by atoms with van der Waals surface area (Å²) in [6.45, 7) is 9.74. The highest BCUT2D eigenvalue weighted by Crippen LogP contribution is 2.22. The van der Waals surface area contributed by atoms with Gasteiger partial charge in [-0.2, -0.15) is 0 Å². The second kappa shape index (κ2) is 7.45. The average molecular weight is 333 g/mol. The number of ketones is 1. The first-order chi connectivity index (χ1) is 11.2. The molecule has 1 aromatic carbocycles. The van der Waals surface area contributed by atoms with Gasteiger partial charge in [0, 0.05) is 5.56 Å². The van der Waals surface area contributed by atoms with Gasteiger partial charge in [-0.3, -0.25) is 4.79 Å². The van der Waals surface area contributed by atoms with Crippen molar-refractivity contribution >= 4 is 11.8 Å². The van der Waals surface area contributed by atoms with Crippen LogP contribution in [0.4, 0.5) is 0 Å². The van der Waals surface area contributed by atoms with Crippen molar-refractivity contribution in [3.8, 4) is 0 Å². The summed E-state index contributed by atoms with van der Waals surface area (Å²) in [6.07, 6.45) is 0.00553. The number of carboxylic acids is 1. The summed E-state index contributed by atoms with van der Waals surface area (Å²) in [5, 5.41) is 11.5. The Hall–Kier alpha value is -1.72. The molecule has 5 heteroatoms. The summed E-state index contributed by atoms with van der Waals surface area (Å²) in [4.78, 5) is 26.4. The van der Waals surface area contributed by atoms with Gasteiger partial charge >= 0.3 is 0 Å². The van der Waals surface area contributed by atoms with E-state index in [-0.39, 0.29) is 17.6 Å². The van der Waals surface area contributed by atoms with Gasteiger partial charge in [0.05, 0.1) is 19.4 Å². The summed E-state index contributed by atoms with van der Waals surface area (Å²) >= 11 is 0. The van der Waals surface area contributed by atoms with Crippen LogP contribution in [0.15, 0.2) is 24.3 Å². The maximum absolute atomic E-state index is 12.5.